The molecule has 19 heavy (non-hydrogen) atoms. The van der Waals surface area contributed by atoms with Gasteiger partial charge in [0.25, 0.3) is 0 Å². The Bertz CT molecular complexity index is 582. The van der Waals surface area contributed by atoms with E-state index >= 15 is 0 Å². The largest absolute Gasteiger partial charge is 0.399 e. The fraction of sp³-hybridized carbons (Fsp3) is 0.357. The summed E-state index contributed by atoms with van der Waals surface area (Å²) in [7, 11) is 0. The van der Waals surface area contributed by atoms with Crippen LogP contribution in [-0.4, -0.2) is 31.3 Å². The van der Waals surface area contributed by atoms with Crippen molar-refractivity contribution in [1.29, 1.82) is 0 Å². The monoisotopic (exact) mass is 279 g/mol. The predicted molar refractivity (Wildman–Crippen MR) is 81.2 cm³/mol. The molecule has 5 heteroatoms. The molecule has 0 aliphatic carbocycles. The first-order chi connectivity index (χ1) is 8.74. The molecule has 1 aromatic heterocycles. The average Bonchev–Trinajstić information content (AvgIpc) is 2.40. The van der Waals surface area contributed by atoms with Crippen molar-refractivity contribution in [3.05, 3.63) is 29.8 Å². The molecule has 1 fully saturated rings. The standard InChI is InChI=1S/C14H17N3O.ClH/c1-10-8-14(17-4-6-18-7-5-17)16-13-3-2-11(15)9-12(10)13;/h2-3,8-9H,4-7,15H2,1H3;1H. The minimum atomic E-state index is 0. The summed E-state index contributed by atoms with van der Waals surface area (Å²) in [4.78, 5) is 6.99. The van der Waals surface area contributed by atoms with Crippen LogP contribution in [0.4, 0.5) is 11.5 Å². The fourth-order valence-electron chi connectivity index (χ4n) is 2.35. The molecule has 0 saturated carbocycles. The van der Waals surface area contributed by atoms with Crippen LogP contribution in [0.2, 0.25) is 0 Å². The van der Waals surface area contributed by atoms with E-state index in [2.05, 4.69) is 17.9 Å². The van der Waals surface area contributed by atoms with Gasteiger partial charge in [-0.2, -0.15) is 0 Å². The number of benzene rings is 1. The quantitative estimate of drug-likeness (QED) is 0.815. The zero-order valence-electron chi connectivity index (χ0n) is 10.9. The molecular formula is C14H18ClN3O. The highest BCUT2D eigenvalue weighted by Crippen LogP contribution is 2.24. The number of aryl methyl sites for hydroxylation is 1. The van der Waals surface area contributed by atoms with Gasteiger partial charge in [-0.25, -0.2) is 4.98 Å². The van der Waals surface area contributed by atoms with E-state index < -0.39 is 0 Å². The van der Waals surface area contributed by atoms with E-state index in [4.69, 9.17) is 15.5 Å². The Morgan fingerprint density at radius 3 is 2.68 bits per heavy atom. The van der Waals surface area contributed by atoms with Crippen molar-refractivity contribution >= 4 is 34.8 Å². The Balaban J connectivity index is 0.00000133. The molecule has 3 rings (SSSR count). The van der Waals surface area contributed by atoms with Crippen molar-refractivity contribution in [3.8, 4) is 0 Å². The van der Waals surface area contributed by atoms with Crippen LogP contribution in [0, 0.1) is 6.92 Å². The van der Waals surface area contributed by atoms with Crippen molar-refractivity contribution in [2.24, 2.45) is 0 Å². The van der Waals surface area contributed by atoms with E-state index in [1.54, 1.807) is 0 Å². The van der Waals surface area contributed by atoms with E-state index in [0.717, 1.165) is 48.7 Å². The molecule has 1 saturated heterocycles. The smallest absolute Gasteiger partial charge is 0.129 e. The fourth-order valence-corrected chi connectivity index (χ4v) is 2.35. The van der Waals surface area contributed by atoms with E-state index in [0.29, 0.717) is 0 Å². The van der Waals surface area contributed by atoms with Crippen LogP contribution in [0.3, 0.4) is 0 Å². The van der Waals surface area contributed by atoms with Crippen molar-refractivity contribution in [2.75, 3.05) is 36.9 Å². The van der Waals surface area contributed by atoms with Gasteiger partial charge in [0, 0.05) is 24.2 Å². The predicted octanol–water partition coefficient (Wildman–Crippen LogP) is 2.38. The van der Waals surface area contributed by atoms with E-state index in [-0.39, 0.29) is 12.4 Å². The number of nitrogens with zero attached hydrogens (tertiary/aromatic N) is 2. The molecule has 0 amide bonds. The number of nitrogen functional groups attached to an aromatic ring is 1. The van der Waals surface area contributed by atoms with Gasteiger partial charge < -0.3 is 15.4 Å². The zero-order valence-corrected chi connectivity index (χ0v) is 11.7. The summed E-state index contributed by atoms with van der Waals surface area (Å²) in [5.41, 5.74) is 8.82. The molecule has 0 unspecified atom stereocenters. The summed E-state index contributed by atoms with van der Waals surface area (Å²) in [5.74, 6) is 1.04. The number of morpholine rings is 1. The maximum absolute atomic E-state index is 5.82. The lowest BCUT2D eigenvalue weighted by molar-refractivity contribution is 0.122. The van der Waals surface area contributed by atoms with Gasteiger partial charge >= 0.3 is 0 Å². The number of aromatic nitrogens is 1. The molecule has 2 aromatic rings. The topological polar surface area (TPSA) is 51.4 Å². The third-order valence-corrected chi connectivity index (χ3v) is 3.36. The Morgan fingerprint density at radius 2 is 1.95 bits per heavy atom. The van der Waals surface area contributed by atoms with Gasteiger partial charge in [0.1, 0.15) is 5.82 Å². The van der Waals surface area contributed by atoms with Crippen LogP contribution >= 0.6 is 12.4 Å². The molecule has 4 nitrogen and oxygen atoms in total. The molecule has 2 heterocycles. The number of pyridine rings is 1. The Morgan fingerprint density at radius 1 is 1.21 bits per heavy atom. The third-order valence-electron chi connectivity index (χ3n) is 3.36. The Kier molecular flexibility index (Phi) is 4.12. The number of nitrogens with two attached hydrogens (primary N) is 1. The summed E-state index contributed by atoms with van der Waals surface area (Å²) in [5, 5.41) is 1.13. The number of fused-ring (bicyclic) bond motifs is 1. The van der Waals surface area contributed by atoms with Crippen molar-refractivity contribution in [2.45, 2.75) is 6.92 Å². The number of hydrogen-bond donors (Lipinski definition) is 1. The molecule has 1 aromatic carbocycles. The third kappa shape index (κ3) is 2.74. The highest BCUT2D eigenvalue weighted by Gasteiger charge is 2.13. The lowest BCUT2D eigenvalue weighted by atomic mass is 10.1. The first-order valence-corrected chi connectivity index (χ1v) is 6.23. The average molecular weight is 280 g/mol. The number of ether oxygens (including phenoxy) is 1. The van der Waals surface area contributed by atoms with Crippen molar-refractivity contribution in [3.63, 3.8) is 0 Å². The molecule has 2 N–H and O–H groups in total. The molecular weight excluding hydrogens is 262 g/mol. The first-order valence-electron chi connectivity index (χ1n) is 6.23. The van der Waals surface area contributed by atoms with Crippen LogP contribution in [0.15, 0.2) is 24.3 Å². The van der Waals surface area contributed by atoms with Gasteiger partial charge in [-0.3, -0.25) is 0 Å². The molecule has 0 bridgehead atoms. The van der Waals surface area contributed by atoms with Crippen molar-refractivity contribution in [1.82, 2.24) is 4.98 Å². The highest BCUT2D eigenvalue weighted by atomic mass is 35.5. The van der Waals surface area contributed by atoms with Crippen LogP contribution in [0.1, 0.15) is 5.56 Å². The molecule has 0 spiro atoms. The van der Waals surface area contributed by atoms with E-state index in [1.165, 1.54) is 5.56 Å². The van der Waals surface area contributed by atoms with E-state index in [9.17, 15) is 0 Å². The highest BCUT2D eigenvalue weighted by molar-refractivity contribution is 5.86. The van der Waals surface area contributed by atoms with Gasteiger partial charge in [0.05, 0.1) is 18.7 Å². The van der Waals surface area contributed by atoms with Gasteiger partial charge in [0.2, 0.25) is 0 Å². The number of anilines is 2. The second kappa shape index (κ2) is 5.63. The van der Waals surface area contributed by atoms with Gasteiger partial charge in [-0.05, 0) is 36.8 Å². The summed E-state index contributed by atoms with van der Waals surface area (Å²) in [6.45, 7) is 5.48. The lowest BCUT2D eigenvalue weighted by Crippen LogP contribution is -2.36. The number of hydrogen-bond acceptors (Lipinski definition) is 4. The van der Waals surface area contributed by atoms with Gasteiger partial charge in [-0.15, -0.1) is 12.4 Å². The molecule has 1 aliphatic rings. The summed E-state index contributed by atoms with van der Waals surface area (Å²) < 4.78 is 5.37. The van der Waals surface area contributed by atoms with Gasteiger partial charge in [0.15, 0.2) is 0 Å². The first kappa shape index (κ1) is 13.9. The lowest BCUT2D eigenvalue weighted by Gasteiger charge is -2.28. The van der Waals surface area contributed by atoms with Crippen molar-refractivity contribution < 1.29 is 4.74 Å². The minimum Gasteiger partial charge on any atom is -0.399 e. The number of halogens is 1. The second-order valence-corrected chi connectivity index (χ2v) is 4.67. The van der Waals surface area contributed by atoms with Crippen LogP contribution in [0.5, 0.6) is 0 Å². The molecule has 1 aliphatic heterocycles. The SMILES string of the molecule is Cc1cc(N2CCOCC2)nc2ccc(N)cc12.Cl. The zero-order chi connectivity index (χ0) is 12.5. The van der Waals surface area contributed by atoms with E-state index in [1.807, 2.05) is 18.2 Å². The number of rotatable bonds is 1. The normalized spacial score (nSPS) is 15.3. The maximum atomic E-state index is 5.82. The summed E-state index contributed by atoms with van der Waals surface area (Å²) >= 11 is 0. The maximum Gasteiger partial charge on any atom is 0.129 e. The molecule has 102 valence electrons. The summed E-state index contributed by atoms with van der Waals surface area (Å²) in [6, 6.07) is 8.01. The Labute approximate surface area is 119 Å². The molecule has 0 radical (unpaired) electrons. The second-order valence-electron chi connectivity index (χ2n) is 4.67. The van der Waals surface area contributed by atoms with Crippen LogP contribution in [-0.2, 0) is 4.74 Å². The minimum absolute atomic E-state index is 0. The van der Waals surface area contributed by atoms with Crippen LogP contribution < -0.4 is 10.6 Å². The van der Waals surface area contributed by atoms with Crippen LogP contribution in [0.25, 0.3) is 10.9 Å². The Hall–Kier alpha value is -1.52. The van der Waals surface area contributed by atoms with Gasteiger partial charge in [-0.1, -0.05) is 0 Å². The molecule has 0 atom stereocenters. The summed E-state index contributed by atoms with van der Waals surface area (Å²) in [6.07, 6.45) is 0.